The van der Waals surface area contributed by atoms with Crippen molar-refractivity contribution in [1.29, 1.82) is 0 Å². The third-order valence-corrected chi connectivity index (χ3v) is 5.86. The first-order valence-corrected chi connectivity index (χ1v) is 9.81. The van der Waals surface area contributed by atoms with Gasteiger partial charge in [0.25, 0.3) is 0 Å². The Morgan fingerprint density at radius 3 is 2.75 bits per heavy atom. The number of hydrogen-bond donors (Lipinski definition) is 0. The minimum Gasteiger partial charge on any atom is -0.359 e. The maximum absolute atomic E-state index is 12.9. The van der Waals surface area contributed by atoms with Crippen LogP contribution in [-0.4, -0.2) is 34.6 Å². The molecule has 5 rings (SSSR count). The van der Waals surface area contributed by atoms with Crippen molar-refractivity contribution in [3.8, 4) is 11.3 Å². The Labute approximate surface area is 168 Å². The third kappa shape index (κ3) is 3.01. The van der Waals surface area contributed by atoms with Crippen LogP contribution in [0.25, 0.3) is 11.3 Å². The lowest BCUT2D eigenvalue weighted by atomic mass is 10.1. The molecule has 0 unspecified atom stereocenters. The van der Waals surface area contributed by atoms with E-state index in [4.69, 9.17) is 16.1 Å². The van der Waals surface area contributed by atoms with E-state index in [9.17, 15) is 4.79 Å². The molecule has 28 heavy (non-hydrogen) atoms. The normalized spacial score (nSPS) is 21.6. The van der Waals surface area contributed by atoms with Crippen molar-refractivity contribution < 1.29 is 9.32 Å². The van der Waals surface area contributed by atoms with E-state index in [1.165, 1.54) is 5.56 Å². The second kappa shape index (κ2) is 6.76. The van der Waals surface area contributed by atoms with E-state index in [-0.39, 0.29) is 18.0 Å². The van der Waals surface area contributed by atoms with Crippen LogP contribution in [0.3, 0.4) is 0 Å². The van der Waals surface area contributed by atoms with E-state index in [0.29, 0.717) is 11.6 Å². The molecule has 2 bridgehead atoms. The third-order valence-electron chi connectivity index (χ3n) is 5.62. The molecule has 5 nitrogen and oxygen atoms in total. The summed E-state index contributed by atoms with van der Waals surface area (Å²) in [6.45, 7) is 3.47. The van der Waals surface area contributed by atoms with Gasteiger partial charge < -0.3 is 9.42 Å². The molecule has 0 spiro atoms. The van der Waals surface area contributed by atoms with Crippen molar-refractivity contribution in [2.24, 2.45) is 0 Å². The van der Waals surface area contributed by atoms with E-state index in [0.717, 1.165) is 35.7 Å². The molecule has 2 atom stereocenters. The molecule has 0 aliphatic carbocycles. The van der Waals surface area contributed by atoms with Crippen molar-refractivity contribution in [2.75, 3.05) is 11.4 Å². The highest BCUT2D eigenvalue weighted by atomic mass is 35.5. The number of fused-ring (bicyclic) bond motifs is 2. The fraction of sp³-hybridized carbons (Fsp3) is 0.273. The van der Waals surface area contributed by atoms with Gasteiger partial charge in [-0.3, -0.25) is 9.69 Å². The van der Waals surface area contributed by atoms with E-state index in [2.05, 4.69) is 29.1 Å². The van der Waals surface area contributed by atoms with Crippen LogP contribution in [0.1, 0.15) is 17.7 Å². The van der Waals surface area contributed by atoms with Gasteiger partial charge in [0.2, 0.25) is 5.91 Å². The standard InChI is InChI=1S/C22H20ClN3O2/c1-14-5-7-15(8-6-14)20-11-19(28-24-20)13-25-12-18-10-21(25)22(27)26(18)17-4-2-3-16(23)9-17/h2-9,11,18,21H,10,12-13H2,1H3/t18-,21-/m0/s1. The zero-order chi connectivity index (χ0) is 19.3. The van der Waals surface area contributed by atoms with Crippen LogP contribution in [0.5, 0.6) is 0 Å². The SMILES string of the molecule is Cc1ccc(-c2cc(CN3C[C@@H]4C[C@H]3C(=O)N4c3cccc(Cl)c3)on2)cc1. The van der Waals surface area contributed by atoms with Crippen LogP contribution in [0.4, 0.5) is 5.69 Å². The van der Waals surface area contributed by atoms with Gasteiger partial charge in [-0.15, -0.1) is 0 Å². The minimum absolute atomic E-state index is 0.114. The number of piperazine rings is 1. The summed E-state index contributed by atoms with van der Waals surface area (Å²) in [4.78, 5) is 17.0. The molecular formula is C22H20ClN3O2. The van der Waals surface area contributed by atoms with Crippen LogP contribution in [-0.2, 0) is 11.3 Å². The van der Waals surface area contributed by atoms with Gasteiger partial charge >= 0.3 is 0 Å². The zero-order valence-electron chi connectivity index (χ0n) is 15.5. The van der Waals surface area contributed by atoms with Crippen molar-refractivity contribution in [3.05, 3.63) is 70.9 Å². The Morgan fingerprint density at radius 1 is 1.18 bits per heavy atom. The van der Waals surface area contributed by atoms with E-state index < -0.39 is 0 Å². The van der Waals surface area contributed by atoms with Gasteiger partial charge in [0.1, 0.15) is 5.69 Å². The van der Waals surface area contributed by atoms with Gasteiger partial charge in [-0.05, 0) is 31.5 Å². The molecule has 1 aromatic heterocycles. The number of aryl methyl sites for hydroxylation is 1. The Balaban J connectivity index is 1.30. The molecule has 3 heterocycles. The molecule has 2 aliphatic rings. The van der Waals surface area contributed by atoms with E-state index in [1.807, 2.05) is 47.4 Å². The summed E-state index contributed by atoms with van der Waals surface area (Å²) in [7, 11) is 0. The Morgan fingerprint density at radius 2 is 2.00 bits per heavy atom. The van der Waals surface area contributed by atoms with Gasteiger partial charge in [-0.2, -0.15) is 0 Å². The highest BCUT2D eigenvalue weighted by Gasteiger charge is 2.50. The number of halogens is 1. The molecule has 2 aromatic carbocycles. The lowest BCUT2D eigenvalue weighted by molar-refractivity contribution is -0.122. The molecule has 3 aromatic rings. The number of benzene rings is 2. The molecule has 6 heteroatoms. The summed E-state index contributed by atoms with van der Waals surface area (Å²) >= 11 is 6.10. The predicted molar refractivity (Wildman–Crippen MR) is 108 cm³/mol. The minimum atomic E-state index is -0.114. The summed E-state index contributed by atoms with van der Waals surface area (Å²) in [5.74, 6) is 0.919. The summed E-state index contributed by atoms with van der Waals surface area (Å²) in [6, 6.07) is 17.7. The summed E-state index contributed by atoms with van der Waals surface area (Å²) in [6.07, 6.45) is 0.838. The van der Waals surface area contributed by atoms with Crippen molar-refractivity contribution in [1.82, 2.24) is 10.1 Å². The Kier molecular flexibility index (Phi) is 4.22. The molecule has 2 aliphatic heterocycles. The summed E-state index contributed by atoms with van der Waals surface area (Å²) in [5.41, 5.74) is 3.95. The summed E-state index contributed by atoms with van der Waals surface area (Å²) < 4.78 is 5.55. The first-order valence-electron chi connectivity index (χ1n) is 9.44. The zero-order valence-corrected chi connectivity index (χ0v) is 16.3. The monoisotopic (exact) mass is 393 g/mol. The van der Waals surface area contributed by atoms with Crippen LogP contribution in [0, 0.1) is 6.92 Å². The maximum atomic E-state index is 12.9. The molecule has 2 saturated heterocycles. The number of carbonyl (C=O) groups excluding carboxylic acids is 1. The van der Waals surface area contributed by atoms with Gasteiger partial charge in [0, 0.05) is 28.9 Å². The number of anilines is 1. The average Bonchev–Trinajstić information content (AvgIpc) is 3.37. The number of nitrogens with zero attached hydrogens (tertiary/aromatic N) is 3. The number of aromatic nitrogens is 1. The van der Waals surface area contributed by atoms with Crippen molar-refractivity contribution in [3.63, 3.8) is 0 Å². The lowest BCUT2D eigenvalue weighted by Crippen LogP contribution is -2.50. The van der Waals surface area contributed by atoms with Crippen molar-refractivity contribution >= 4 is 23.2 Å². The Bertz CT molecular complexity index is 1030. The molecule has 0 saturated carbocycles. The second-order valence-electron chi connectivity index (χ2n) is 7.57. The van der Waals surface area contributed by atoms with Crippen LogP contribution in [0.2, 0.25) is 5.02 Å². The maximum Gasteiger partial charge on any atom is 0.244 e. The predicted octanol–water partition coefficient (Wildman–Crippen LogP) is 4.29. The molecular weight excluding hydrogens is 374 g/mol. The lowest BCUT2D eigenvalue weighted by Gasteiger charge is -2.33. The molecule has 0 N–H and O–H groups in total. The largest absolute Gasteiger partial charge is 0.359 e. The van der Waals surface area contributed by atoms with Gasteiger partial charge in [0.15, 0.2) is 5.76 Å². The average molecular weight is 394 g/mol. The van der Waals surface area contributed by atoms with Crippen LogP contribution in [0.15, 0.2) is 59.1 Å². The Hall–Kier alpha value is -2.63. The second-order valence-corrected chi connectivity index (χ2v) is 8.00. The number of rotatable bonds is 4. The summed E-state index contributed by atoms with van der Waals surface area (Å²) in [5, 5.41) is 4.85. The molecule has 2 fully saturated rings. The number of carbonyl (C=O) groups is 1. The number of hydrogen-bond acceptors (Lipinski definition) is 4. The van der Waals surface area contributed by atoms with E-state index >= 15 is 0 Å². The van der Waals surface area contributed by atoms with Gasteiger partial charge in [0.05, 0.1) is 18.6 Å². The molecule has 0 radical (unpaired) electrons. The fourth-order valence-electron chi connectivity index (χ4n) is 4.25. The fourth-order valence-corrected chi connectivity index (χ4v) is 4.44. The first-order chi connectivity index (χ1) is 13.6. The molecule has 1 amide bonds. The van der Waals surface area contributed by atoms with Gasteiger partial charge in [-0.1, -0.05) is 52.7 Å². The highest BCUT2D eigenvalue weighted by molar-refractivity contribution is 6.31. The quantitative estimate of drug-likeness (QED) is 0.663. The van der Waals surface area contributed by atoms with Crippen molar-refractivity contribution in [2.45, 2.75) is 32.0 Å². The topological polar surface area (TPSA) is 49.6 Å². The number of amides is 1. The smallest absolute Gasteiger partial charge is 0.244 e. The van der Waals surface area contributed by atoms with Crippen LogP contribution < -0.4 is 4.90 Å². The number of likely N-dealkylation sites (tertiary alicyclic amines) is 1. The van der Waals surface area contributed by atoms with Gasteiger partial charge in [-0.25, -0.2) is 0 Å². The van der Waals surface area contributed by atoms with E-state index in [1.54, 1.807) is 0 Å². The van der Waals surface area contributed by atoms with Crippen LogP contribution >= 0.6 is 11.6 Å². The molecule has 142 valence electrons. The first kappa shape index (κ1) is 17.5. The highest BCUT2D eigenvalue weighted by Crippen LogP contribution is 2.37.